The van der Waals surface area contributed by atoms with Gasteiger partial charge in [0.2, 0.25) is 0 Å². The van der Waals surface area contributed by atoms with E-state index in [4.69, 9.17) is 4.42 Å². The second-order valence-electron chi connectivity index (χ2n) is 8.51. The predicted octanol–water partition coefficient (Wildman–Crippen LogP) is 7.71. The summed E-state index contributed by atoms with van der Waals surface area (Å²) in [4.78, 5) is 13.3. The van der Waals surface area contributed by atoms with E-state index in [9.17, 15) is 4.79 Å². The topological polar surface area (TPSA) is 35.1 Å². The smallest absolute Gasteiger partial charge is 0.344 e. The summed E-state index contributed by atoms with van der Waals surface area (Å²) in [5.74, 6) is 0. The van der Waals surface area contributed by atoms with Crippen LogP contribution in [0.15, 0.2) is 124 Å². The van der Waals surface area contributed by atoms with Gasteiger partial charge in [0, 0.05) is 32.8 Å². The fraction of sp³-hybridized carbons (Fsp3) is 0. The summed E-state index contributed by atoms with van der Waals surface area (Å²) in [6.45, 7) is 0. The van der Waals surface area contributed by atoms with Gasteiger partial charge in [-0.05, 0) is 35.9 Å². The molecule has 0 saturated carbocycles. The Hall–Kier alpha value is -4.63. The molecule has 7 aromatic rings. The Labute approximate surface area is 195 Å². The van der Waals surface area contributed by atoms with Gasteiger partial charge >= 0.3 is 5.63 Å². The van der Waals surface area contributed by atoms with E-state index in [1.54, 1.807) is 0 Å². The molecule has 0 aliphatic heterocycles. The molecule has 0 amide bonds. The van der Waals surface area contributed by atoms with Crippen molar-refractivity contribution in [3.63, 3.8) is 0 Å². The molecule has 0 bridgehead atoms. The molecule has 2 heterocycles. The highest BCUT2D eigenvalue weighted by atomic mass is 16.4. The highest BCUT2D eigenvalue weighted by molar-refractivity contribution is 6.26. The van der Waals surface area contributed by atoms with Gasteiger partial charge in [0.05, 0.1) is 16.4 Å². The summed E-state index contributed by atoms with van der Waals surface area (Å²) in [5.41, 5.74) is 5.55. The van der Waals surface area contributed by atoms with Gasteiger partial charge in [-0.3, -0.25) is 0 Å². The van der Waals surface area contributed by atoms with Crippen molar-refractivity contribution in [2.45, 2.75) is 0 Å². The van der Waals surface area contributed by atoms with E-state index in [0.29, 0.717) is 11.0 Å². The SMILES string of the molecule is O=c1oc2ccccc2c2c(-c3ccccc3)c3c4ccccc4n(-c4ccccc4)c3cc12. The zero-order valence-electron chi connectivity index (χ0n) is 18.2. The van der Waals surface area contributed by atoms with Gasteiger partial charge in [-0.25, -0.2) is 4.79 Å². The second-order valence-corrected chi connectivity index (χ2v) is 8.51. The molecule has 3 heteroatoms. The maximum atomic E-state index is 13.3. The number of aromatic nitrogens is 1. The molecule has 0 N–H and O–H groups in total. The maximum absolute atomic E-state index is 13.3. The summed E-state index contributed by atoms with van der Waals surface area (Å²) in [6, 6.07) is 38.9. The number of nitrogens with zero attached hydrogens (tertiary/aromatic N) is 1. The largest absolute Gasteiger partial charge is 0.422 e. The van der Waals surface area contributed by atoms with Crippen molar-refractivity contribution < 1.29 is 4.42 Å². The minimum atomic E-state index is -0.322. The molecule has 0 saturated heterocycles. The Morgan fingerprint density at radius 3 is 2.00 bits per heavy atom. The summed E-state index contributed by atoms with van der Waals surface area (Å²) in [6.07, 6.45) is 0. The molecule has 0 aliphatic carbocycles. The Kier molecular flexibility index (Phi) is 4.00. The fourth-order valence-electron chi connectivity index (χ4n) is 5.23. The number of fused-ring (bicyclic) bond motifs is 6. The Balaban J connectivity index is 1.84. The van der Waals surface area contributed by atoms with E-state index in [0.717, 1.165) is 49.4 Å². The highest BCUT2D eigenvalue weighted by Crippen LogP contribution is 2.44. The summed E-state index contributed by atoms with van der Waals surface area (Å²) in [7, 11) is 0. The minimum absolute atomic E-state index is 0.322. The van der Waals surface area contributed by atoms with Gasteiger partial charge in [0.1, 0.15) is 5.58 Å². The van der Waals surface area contributed by atoms with Crippen molar-refractivity contribution in [3.05, 3.63) is 126 Å². The van der Waals surface area contributed by atoms with Gasteiger partial charge in [0.25, 0.3) is 0 Å². The van der Waals surface area contributed by atoms with Crippen LogP contribution in [0, 0.1) is 0 Å². The van der Waals surface area contributed by atoms with Crippen LogP contribution in [0.25, 0.3) is 60.4 Å². The second kappa shape index (κ2) is 7.19. The van der Waals surface area contributed by atoms with Crippen LogP contribution in [0.5, 0.6) is 0 Å². The van der Waals surface area contributed by atoms with Crippen LogP contribution in [-0.4, -0.2) is 4.57 Å². The van der Waals surface area contributed by atoms with Gasteiger partial charge in [-0.2, -0.15) is 0 Å². The zero-order valence-corrected chi connectivity index (χ0v) is 18.2. The van der Waals surface area contributed by atoms with Crippen LogP contribution in [-0.2, 0) is 0 Å². The Morgan fingerprint density at radius 2 is 1.21 bits per heavy atom. The lowest BCUT2D eigenvalue weighted by molar-refractivity contribution is 0.570. The van der Waals surface area contributed by atoms with Crippen molar-refractivity contribution in [1.82, 2.24) is 4.57 Å². The van der Waals surface area contributed by atoms with Crippen molar-refractivity contribution >= 4 is 43.5 Å². The molecule has 0 atom stereocenters. The molecular formula is C31H19NO2. The summed E-state index contributed by atoms with van der Waals surface area (Å²) in [5, 5.41) is 4.74. The van der Waals surface area contributed by atoms with Crippen LogP contribution < -0.4 is 5.63 Å². The quantitative estimate of drug-likeness (QED) is 0.205. The van der Waals surface area contributed by atoms with E-state index in [2.05, 4.69) is 53.1 Å². The molecule has 0 radical (unpaired) electrons. The number of para-hydroxylation sites is 3. The average Bonchev–Trinajstić information content (AvgIpc) is 3.23. The molecule has 0 unspecified atom stereocenters. The van der Waals surface area contributed by atoms with Gasteiger partial charge in [0.15, 0.2) is 0 Å². The minimum Gasteiger partial charge on any atom is -0.422 e. The molecule has 160 valence electrons. The van der Waals surface area contributed by atoms with Crippen LogP contribution in [0.3, 0.4) is 0 Å². The summed E-state index contributed by atoms with van der Waals surface area (Å²) < 4.78 is 8.01. The average molecular weight is 437 g/mol. The van der Waals surface area contributed by atoms with Gasteiger partial charge < -0.3 is 8.98 Å². The first kappa shape index (κ1) is 18.9. The predicted molar refractivity (Wildman–Crippen MR) is 140 cm³/mol. The third-order valence-electron chi connectivity index (χ3n) is 6.62. The Bertz CT molecular complexity index is 1910. The van der Waals surface area contributed by atoms with Crippen LogP contribution in [0.1, 0.15) is 0 Å². The molecule has 0 fully saturated rings. The van der Waals surface area contributed by atoms with E-state index >= 15 is 0 Å². The zero-order chi connectivity index (χ0) is 22.6. The normalized spacial score (nSPS) is 11.6. The molecular weight excluding hydrogens is 418 g/mol. The maximum Gasteiger partial charge on any atom is 0.344 e. The first-order valence-electron chi connectivity index (χ1n) is 11.3. The molecule has 0 spiro atoms. The molecule has 5 aromatic carbocycles. The van der Waals surface area contributed by atoms with E-state index in [-0.39, 0.29) is 5.63 Å². The van der Waals surface area contributed by atoms with Crippen molar-refractivity contribution in [2.75, 3.05) is 0 Å². The standard InChI is InChI=1S/C31H19NO2/c33-31-24-19-26-30(22-15-7-9-17-25(22)32(26)21-13-5-2-6-14-21)28(20-11-3-1-4-12-20)29(24)23-16-8-10-18-27(23)34-31/h1-19H. The molecule has 7 rings (SSSR count). The van der Waals surface area contributed by atoms with Crippen molar-refractivity contribution in [3.8, 4) is 16.8 Å². The number of rotatable bonds is 2. The number of hydrogen-bond acceptors (Lipinski definition) is 2. The lowest BCUT2D eigenvalue weighted by Gasteiger charge is -2.13. The molecule has 2 aromatic heterocycles. The van der Waals surface area contributed by atoms with Crippen molar-refractivity contribution in [1.29, 1.82) is 0 Å². The van der Waals surface area contributed by atoms with E-state index < -0.39 is 0 Å². The Morgan fingerprint density at radius 1 is 0.559 bits per heavy atom. The van der Waals surface area contributed by atoms with Crippen LogP contribution in [0.2, 0.25) is 0 Å². The molecule has 0 aliphatic rings. The van der Waals surface area contributed by atoms with E-state index in [1.807, 2.05) is 66.7 Å². The first-order valence-corrected chi connectivity index (χ1v) is 11.3. The number of hydrogen-bond donors (Lipinski definition) is 0. The van der Waals surface area contributed by atoms with Crippen LogP contribution in [0.4, 0.5) is 0 Å². The first-order chi connectivity index (χ1) is 16.8. The lowest BCUT2D eigenvalue weighted by atomic mass is 9.92. The van der Waals surface area contributed by atoms with Crippen LogP contribution >= 0.6 is 0 Å². The molecule has 3 nitrogen and oxygen atoms in total. The third kappa shape index (κ3) is 2.61. The monoisotopic (exact) mass is 437 g/mol. The van der Waals surface area contributed by atoms with Crippen molar-refractivity contribution in [2.24, 2.45) is 0 Å². The summed E-state index contributed by atoms with van der Waals surface area (Å²) >= 11 is 0. The highest BCUT2D eigenvalue weighted by Gasteiger charge is 2.22. The fourth-order valence-corrected chi connectivity index (χ4v) is 5.23. The van der Waals surface area contributed by atoms with E-state index in [1.165, 1.54) is 0 Å². The third-order valence-corrected chi connectivity index (χ3v) is 6.62. The van der Waals surface area contributed by atoms with Gasteiger partial charge in [-0.1, -0.05) is 84.9 Å². The number of benzene rings is 5. The molecule has 34 heavy (non-hydrogen) atoms. The van der Waals surface area contributed by atoms with Gasteiger partial charge in [-0.15, -0.1) is 0 Å². The lowest BCUT2D eigenvalue weighted by Crippen LogP contribution is -2.02.